The van der Waals surface area contributed by atoms with E-state index in [-0.39, 0.29) is 28.5 Å². The first-order valence-electron chi connectivity index (χ1n) is 3.05. The molecule has 0 saturated carbocycles. The first-order valence-corrected chi connectivity index (χ1v) is 3.05. The maximum atomic E-state index is 10.3. The molecule has 5 nitrogen and oxygen atoms in total. The van der Waals surface area contributed by atoms with E-state index in [9.17, 15) is 9.59 Å². The number of aromatic carboxylic acids is 2. The molecule has 0 fully saturated rings. The van der Waals surface area contributed by atoms with Crippen molar-refractivity contribution >= 4 is 11.9 Å². The molecule has 1 aromatic heterocycles. The summed E-state index contributed by atoms with van der Waals surface area (Å²) in [4.78, 5) is 24.0. The molecule has 6 heteroatoms. The number of hydrogen-bond acceptors (Lipinski definition) is 3. The van der Waals surface area contributed by atoms with E-state index in [0.29, 0.717) is 0 Å². The van der Waals surface area contributed by atoms with Gasteiger partial charge in [-0.1, -0.05) is 6.07 Å². The van der Waals surface area contributed by atoms with E-state index in [4.69, 9.17) is 10.2 Å². The summed E-state index contributed by atoms with van der Waals surface area (Å²) in [5, 5.41) is 16.9. The largest absolute Gasteiger partial charge is 0.477 e. The van der Waals surface area contributed by atoms with E-state index in [0.717, 1.165) is 0 Å². The Morgan fingerprint density at radius 3 is 1.77 bits per heavy atom. The minimum Gasteiger partial charge on any atom is -0.477 e. The first kappa shape index (κ1) is 11.6. The van der Waals surface area contributed by atoms with Crippen molar-refractivity contribution in [2.75, 3.05) is 0 Å². The summed E-state index contributed by atoms with van der Waals surface area (Å²) in [6.45, 7) is 0. The summed E-state index contributed by atoms with van der Waals surface area (Å²) >= 11 is 0. The second-order valence-corrected chi connectivity index (χ2v) is 2.02. The average Bonchev–Trinajstić information content (AvgIpc) is 2.04. The molecule has 0 aliphatic carbocycles. The smallest absolute Gasteiger partial charge is 0.354 e. The van der Waals surface area contributed by atoms with Crippen molar-refractivity contribution in [3.05, 3.63) is 29.6 Å². The fourth-order valence-electron chi connectivity index (χ4n) is 0.673. The Hall–Kier alpha value is -1.39. The summed E-state index contributed by atoms with van der Waals surface area (Å²) in [5.41, 5.74) is -0.537. The van der Waals surface area contributed by atoms with Crippen molar-refractivity contribution in [3.63, 3.8) is 0 Å². The van der Waals surface area contributed by atoms with Crippen molar-refractivity contribution in [3.8, 4) is 0 Å². The van der Waals surface area contributed by atoms with Gasteiger partial charge in [0, 0.05) is 17.1 Å². The summed E-state index contributed by atoms with van der Waals surface area (Å²) in [5.74, 6) is -2.48. The van der Waals surface area contributed by atoms with Crippen molar-refractivity contribution < 1.29 is 36.9 Å². The number of nitrogens with zero attached hydrogens (tertiary/aromatic N) is 1. The molecule has 1 rings (SSSR count). The van der Waals surface area contributed by atoms with Gasteiger partial charge >= 0.3 is 11.9 Å². The average molecular weight is 231 g/mol. The van der Waals surface area contributed by atoms with Crippen LogP contribution in [0.3, 0.4) is 0 Å². The second-order valence-electron chi connectivity index (χ2n) is 2.02. The van der Waals surface area contributed by atoms with Gasteiger partial charge in [0.05, 0.1) is 0 Å². The van der Waals surface area contributed by atoms with E-state index in [1.54, 1.807) is 0 Å². The number of aromatic nitrogens is 1. The predicted molar refractivity (Wildman–Crippen MR) is 38.2 cm³/mol. The summed E-state index contributed by atoms with van der Waals surface area (Å²) in [7, 11) is 0. The van der Waals surface area contributed by atoms with Gasteiger partial charge < -0.3 is 10.2 Å². The Bertz CT molecular complexity index is 310. The van der Waals surface area contributed by atoms with Crippen molar-refractivity contribution in [2.24, 2.45) is 0 Å². The van der Waals surface area contributed by atoms with E-state index >= 15 is 0 Å². The minimum absolute atomic E-state index is 0. The molecule has 0 aliphatic heterocycles. The molecule has 0 amide bonds. The first-order chi connectivity index (χ1) is 5.61. The summed E-state index contributed by atoms with van der Waals surface area (Å²) in [6.07, 6.45) is 0. The number of hydrogen-bond donors (Lipinski definition) is 2. The van der Waals surface area contributed by atoms with Gasteiger partial charge in [-0.05, 0) is 12.1 Å². The zero-order valence-electron chi connectivity index (χ0n) is 6.19. The van der Waals surface area contributed by atoms with Crippen molar-refractivity contribution in [1.82, 2.24) is 4.98 Å². The molecule has 0 bridgehead atoms. The number of carboxylic acid groups (broad SMARTS) is 2. The zero-order chi connectivity index (χ0) is 9.14. The molecule has 1 heterocycles. The van der Waals surface area contributed by atoms with Gasteiger partial charge in [0.15, 0.2) is 0 Å². The van der Waals surface area contributed by atoms with Gasteiger partial charge in [-0.2, -0.15) is 0 Å². The van der Waals surface area contributed by atoms with Crippen LogP contribution in [0.15, 0.2) is 18.2 Å². The fourth-order valence-corrected chi connectivity index (χ4v) is 0.673. The van der Waals surface area contributed by atoms with Gasteiger partial charge in [-0.15, -0.1) is 0 Å². The third-order valence-corrected chi connectivity index (χ3v) is 1.19. The zero-order valence-corrected chi connectivity index (χ0v) is 7.13. The van der Waals surface area contributed by atoms with Crippen LogP contribution in [0.25, 0.3) is 0 Å². The van der Waals surface area contributed by atoms with Crippen LogP contribution in [0.1, 0.15) is 21.0 Å². The fraction of sp³-hybridized carbons (Fsp3) is 0. The van der Waals surface area contributed by atoms with Crippen LogP contribution in [0, 0.1) is 0 Å². The SMILES string of the molecule is O=C(O)c1cccc(C(=O)O)n1.[Cu]. The molecule has 0 aliphatic rings. The third-order valence-electron chi connectivity index (χ3n) is 1.19. The Labute approximate surface area is 83.9 Å². The molecule has 0 saturated heterocycles. The molecule has 13 heavy (non-hydrogen) atoms. The van der Waals surface area contributed by atoms with Gasteiger partial charge in [0.25, 0.3) is 0 Å². The normalized spacial score (nSPS) is 8.62. The number of rotatable bonds is 2. The summed E-state index contributed by atoms with van der Waals surface area (Å²) < 4.78 is 0. The van der Waals surface area contributed by atoms with E-state index in [1.807, 2.05) is 0 Å². The van der Waals surface area contributed by atoms with Crippen molar-refractivity contribution in [2.45, 2.75) is 0 Å². The van der Waals surface area contributed by atoms with Gasteiger partial charge in [0.1, 0.15) is 11.4 Å². The molecule has 2 N–H and O–H groups in total. The monoisotopic (exact) mass is 230 g/mol. The molecular formula is C7H5CuNO4. The quantitative estimate of drug-likeness (QED) is 0.722. The Balaban J connectivity index is 0.00000144. The predicted octanol–water partition coefficient (Wildman–Crippen LogP) is 0.475. The van der Waals surface area contributed by atoms with E-state index in [2.05, 4.69) is 4.98 Å². The molecule has 0 spiro atoms. The van der Waals surface area contributed by atoms with Gasteiger partial charge in [-0.25, -0.2) is 14.6 Å². The van der Waals surface area contributed by atoms with Gasteiger partial charge in [0.2, 0.25) is 0 Å². The van der Waals surface area contributed by atoms with E-state index in [1.165, 1.54) is 18.2 Å². The van der Waals surface area contributed by atoms with Crippen LogP contribution in [-0.2, 0) is 17.1 Å². The Morgan fingerprint density at radius 2 is 1.46 bits per heavy atom. The second kappa shape index (κ2) is 4.59. The van der Waals surface area contributed by atoms with Crippen LogP contribution in [0.5, 0.6) is 0 Å². The van der Waals surface area contributed by atoms with E-state index < -0.39 is 11.9 Å². The molecule has 1 aromatic rings. The van der Waals surface area contributed by atoms with Crippen LogP contribution >= 0.6 is 0 Å². The molecule has 0 unspecified atom stereocenters. The maximum absolute atomic E-state index is 10.3. The van der Waals surface area contributed by atoms with Crippen molar-refractivity contribution in [1.29, 1.82) is 0 Å². The third kappa shape index (κ3) is 2.85. The molecule has 0 atom stereocenters. The molecule has 0 aromatic carbocycles. The Kier molecular flexibility index (Phi) is 4.10. The van der Waals surface area contributed by atoms with Gasteiger partial charge in [-0.3, -0.25) is 0 Å². The number of carboxylic acids is 2. The van der Waals surface area contributed by atoms with Crippen LogP contribution in [0.2, 0.25) is 0 Å². The Morgan fingerprint density at radius 1 is 1.08 bits per heavy atom. The van der Waals surface area contributed by atoms with Crippen LogP contribution in [0.4, 0.5) is 0 Å². The minimum atomic E-state index is -1.24. The molecular weight excluding hydrogens is 226 g/mol. The number of pyridine rings is 1. The topological polar surface area (TPSA) is 87.5 Å². The standard InChI is InChI=1S/C7H5NO4.Cu/c9-6(10)4-2-1-3-5(8-4)7(11)12;/h1-3H,(H,9,10)(H,11,12);. The summed E-state index contributed by atoms with van der Waals surface area (Å²) in [6, 6.07) is 3.80. The van der Waals surface area contributed by atoms with Crippen LogP contribution in [-0.4, -0.2) is 27.1 Å². The number of carbonyl (C=O) groups is 2. The molecule has 73 valence electrons. The van der Waals surface area contributed by atoms with Crippen LogP contribution < -0.4 is 0 Å². The maximum Gasteiger partial charge on any atom is 0.354 e. The molecule has 1 radical (unpaired) electrons.